The Kier molecular flexibility index (Phi) is 6.84. The van der Waals surface area contributed by atoms with Crippen LogP contribution in [-0.4, -0.2) is 49.1 Å². The van der Waals surface area contributed by atoms with E-state index in [0.29, 0.717) is 6.54 Å². The minimum atomic E-state index is -0.270. The van der Waals surface area contributed by atoms with Crippen molar-refractivity contribution in [1.29, 1.82) is 0 Å². The summed E-state index contributed by atoms with van der Waals surface area (Å²) in [6.07, 6.45) is 4.99. The number of unbranched alkanes of at least 4 members (excludes halogenated alkanes) is 2. The first-order valence-electron chi connectivity index (χ1n) is 7.23. The molecule has 1 rings (SSSR count). The van der Waals surface area contributed by atoms with Gasteiger partial charge in [-0.1, -0.05) is 19.8 Å². The van der Waals surface area contributed by atoms with Crippen LogP contribution in [0.4, 0.5) is 0 Å². The molecular formula is C14H26N2O3. The lowest BCUT2D eigenvalue weighted by atomic mass is 10.2. The lowest BCUT2D eigenvalue weighted by Gasteiger charge is -2.28. The molecule has 0 aromatic heterocycles. The van der Waals surface area contributed by atoms with Gasteiger partial charge in [0.1, 0.15) is 6.04 Å². The number of ether oxygens (including phenoxy) is 1. The van der Waals surface area contributed by atoms with Crippen molar-refractivity contribution < 1.29 is 14.3 Å². The predicted molar refractivity (Wildman–Crippen MR) is 73.7 cm³/mol. The average Bonchev–Trinajstić information content (AvgIpc) is 2.90. The molecule has 1 fully saturated rings. The van der Waals surface area contributed by atoms with Gasteiger partial charge < -0.3 is 10.1 Å². The van der Waals surface area contributed by atoms with E-state index < -0.39 is 0 Å². The Morgan fingerprint density at radius 2 is 2.16 bits per heavy atom. The zero-order chi connectivity index (χ0) is 14.3. The molecule has 0 radical (unpaired) electrons. The van der Waals surface area contributed by atoms with Gasteiger partial charge in [0.25, 0.3) is 0 Å². The summed E-state index contributed by atoms with van der Waals surface area (Å²) in [5.74, 6) is -0.227. The molecule has 1 amide bonds. The minimum Gasteiger partial charge on any atom is -0.468 e. The molecule has 0 aromatic carbocycles. The van der Waals surface area contributed by atoms with E-state index in [-0.39, 0.29) is 24.0 Å². The van der Waals surface area contributed by atoms with Crippen LogP contribution in [0.15, 0.2) is 0 Å². The standard InChI is InChI=1S/C14H26N2O3/c1-4-5-6-9-15-13(17)11(2)16-10-7-8-12(16)14(18)19-3/h11-12H,4-10H2,1-3H3,(H,15,17). The second kappa shape index (κ2) is 8.15. The van der Waals surface area contributed by atoms with Gasteiger partial charge in [0, 0.05) is 6.54 Å². The van der Waals surface area contributed by atoms with Crippen molar-refractivity contribution >= 4 is 11.9 Å². The fourth-order valence-electron chi connectivity index (χ4n) is 2.53. The van der Waals surface area contributed by atoms with E-state index >= 15 is 0 Å². The Labute approximate surface area is 115 Å². The van der Waals surface area contributed by atoms with E-state index in [1.807, 2.05) is 11.8 Å². The van der Waals surface area contributed by atoms with Gasteiger partial charge in [0.2, 0.25) is 5.91 Å². The van der Waals surface area contributed by atoms with Crippen molar-refractivity contribution in [3.8, 4) is 0 Å². The zero-order valence-electron chi connectivity index (χ0n) is 12.3. The van der Waals surface area contributed by atoms with Crippen LogP contribution >= 0.6 is 0 Å². The summed E-state index contributed by atoms with van der Waals surface area (Å²) in [6, 6.07) is -0.533. The van der Waals surface area contributed by atoms with Gasteiger partial charge in [-0.25, -0.2) is 0 Å². The van der Waals surface area contributed by atoms with Gasteiger partial charge in [-0.15, -0.1) is 0 Å². The smallest absolute Gasteiger partial charge is 0.323 e. The monoisotopic (exact) mass is 270 g/mol. The van der Waals surface area contributed by atoms with Crippen LogP contribution in [0.5, 0.6) is 0 Å². The fraction of sp³-hybridized carbons (Fsp3) is 0.857. The summed E-state index contributed by atoms with van der Waals surface area (Å²) in [4.78, 5) is 25.6. The second-order valence-electron chi connectivity index (χ2n) is 5.09. The van der Waals surface area contributed by atoms with Crippen LogP contribution in [0.3, 0.4) is 0 Å². The summed E-state index contributed by atoms with van der Waals surface area (Å²) in [6.45, 7) is 5.49. The van der Waals surface area contributed by atoms with Gasteiger partial charge in [0.05, 0.1) is 13.2 Å². The summed E-state index contributed by atoms with van der Waals surface area (Å²) < 4.78 is 4.80. The van der Waals surface area contributed by atoms with E-state index in [1.165, 1.54) is 7.11 Å². The molecule has 0 saturated carbocycles. The van der Waals surface area contributed by atoms with Crippen molar-refractivity contribution in [3.63, 3.8) is 0 Å². The highest BCUT2D eigenvalue weighted by Gasteiger charge is 2.36. The van der Waals surface area contributed by atoms with Crippen LogP contribution in [0.2, 0.25) is 0 Å². The molecule has 0 aliphatic carbocycles. The fourth-order valence-corrected chi connectivity index (χ4v) is 2.53. The Balaban J connectivity index is 2.44. The largest absolute Gasteiger partial charge is 0.468 e. The lowest BCUT2D eigenvalue weighted by Crippen LogP contribution is -2.49. The molecule has 1 heterocycles. The normalized spacial score (nSPS) is 21.1. The molecule has 19 heavy (non-hydrogen) atoms. The third-order valence-corrected chi connectivity index (χ3v) is 3.72. The van der Waals surface area contributed by atoms with Crippen molar-refractivity contribution in [1.82, 2.24) is 10.2 Å². The molecule has 0 bridgehead atoms. The van der Waals surface area contributed by atoms with Crippen LogP contribution in [-0.2, 0) is 14.3 Å². The van der Waals surface area contributed by atoms with E-state index in [1.54, 1.807) is 0 Å². The number of carbonyl (C=O) groups excluding carboxylic acids is 2. The number of nitrogens with one attached hydrogen (secondary N) is 1. The molecule has 1 aliphatic rings. The molecule has 110 valence electrons. The molecule has 0 spiro atoms. The third-order valence-electron chi connectivity index (χ3n) is 3.72. The summed E-state index contributed by atoms with van der Waals surface area (Å²) in [5, 5.41) is 2.94. The first-order chi connectivity index (χ1) is 9.11. The minimum absolute atomic E-state index is 0.00639. The quantitative estimate of drug-likeness (QED) is 0.560. The number of nitrogens with zero attached hydrogens (tertiary/aromatic N) is 1. The molecule has 1 aliphatic heterocycles. The molecule has 2 atom stereocenters. The van der Waals surface area contributed by atoms with Crippen molar-refractivity contribution in [2.75, 3.05) is 20.2 Å². The first kappa shape index (κ1) is 16.0. The molecule has 1 saturated heterocycles. The maximum Gasteiger partial charge on any atom is 0.323 e. The van der Waals surface area contributed by atoms with Crippen LogP contribution in [0.25, 0.3) is 0 Å². The van der Waals surface area contributed by atoms with Gasteiger partial charge >= 0.3 is 5.97 Å². The van der Waals surface area contributed by atoms with Crippen LogP contribution in [0, 0.1) is 0 Å². The van der Waals surface area contributed by atoms with E-state index in [2.05, 4.69) is 12.2 Å². The maximum absolute atomic E-state index is 12.0. The number of methoxy groups -OCH3 is 1. The predicted octanol–water partition coefficient (Wildman–Crippen LogP) is 1.32. The van der Waals surface area contributed by atoms with E-state index in [4.69, 9.17) is 4.74 Å². The van der Waals surface area contributed by atoms with E-state index in [0.717, 1.165) is 38.6 Å². The maximum atomic E-state index is 12.0. The van der Waals surface area contributed by atoms with Crippen LogP contribution < -0.4 is 5.32 Å². The number of carbonyl (C=O) groups is 2. The summed E-state index contributed by atoms with van der Waals surface area (Å²) in [5.41, 5.74) is 0. The number of hydrogen-bond acceptors (Lipinski definition) is 4. The van der Waals surface area contributed by atoms with Gasteiger partial charge in [0.15, 0.2) is 0 Å². The number of likely N-dealkylation sites (tertiary alicyclic amines) is 1. The van der Waals surface area contributed by atoms with Gasteiger partial charge in [-0.3, -0.25) is 14.5 Å². The summed E-state index contributed by atoms with van der Waals surface area (Å²) >= 11 is 0. The molecule has 1 N–H and O–H groups in total. The first-order valence-corrected chi connectivity index (χ1v) is 7.23. The van der Waals surface area contributed by atoms with Gasteiger partial charge in [-0.2, -0.15) is 0 Å². The second-order valence-corrected chi connectivity index (χ2v) is 5.09. The number of amides is 1. The zero-order valence-corrected chi connectivity index (χ0v) is 12.3. The van der Waals surface area contributed by atoms with Crippen molar-refractivity contribution in [3.05, 3.63) is 0 Å². The Morgan fingerprint density at radius 1 is 1.42 bits per heavy atom. The third kappa shape index (κ3) is 4.49. The Hall–Kier alpha value is -1.10. The molecule has 5 heteroatoms. The highest BCUT2D eigenvalue weighted by atomic mass is 16.5. The topological polar surface area (TPSA) is 58.6 Å². The summed E-state index contributed by atoms with van der Waals surface area (Å²) in [7, 11) is 1.40. The SMILES string of the molecule is CCCCCNC(=O)C(C)N1CCCC1C(=O)OC. The molecule has 0 aromatic rings. The number of hydrogen-bond donors (Lipinski definition) is 1. The molecule has 5 nitrogen and oxygen atoms in total. The van der Waals surface area contributed by atoms with Crippen molar-refractivity contribution in [2.24, 2.45) is 0 Å². The highest BCUT2D eigenvalue weighted by molar-refractivity contribution is 5.83. The molecular weight excluding hydrogens is 244 g/mol. The average molecular weight is 270 g/mol. The van der Waals surface area contributed by atoms with E-state index in [9.17, 15) is 9.59 Å². The number of esters is 1. The van der Waals surface area contributed by atoms with Crippen LogP contribution in [0.1, 0.15) is 46.0 Å². The van der Waals surface area contributed by atoms with Gasteiger partial charge in [-0.05, 0) is 32.7 Å². The van der Waals surface area contributed by atoms with Crippen molar-refractivity contribution in [2.45, 2.75) is 58.0 Å². The lowest BCUT2D eigenvalue weighted by molar-refractivity contribution is -0.147. The number of rotatable bonds is 7. The Bertz CT molecular complexity index is 307. The molecule has 2 unspecified atom stereocenters. The Morgan fingerprint density at radius 3 is 2.79 bits per heavy atom. The highest BCUT2D eigenvalue weighted by Crippen LogP contribution is 2.21.